The Morgan fingerprint density at radius 3 is 2.26 bits per heavy atom. The van der Waals surface area contributed by atoms with Crippen molar-refractivity contribution in [3.05, 3.63) is 53.6 Å². The Balaban J connectivity index is 1.77. The fourth-order valence-corrected chi connectivity index (χ4v) is 6.28. The van der Waals surface area contributed by atoms with E-state index in [0.717, 1.165) is 59.0 Å². The van der Waals surface area contributed by atoms with E-state index in [2.05, 4.69) is 0 Å². The molecule has 1 aliphatic rings. The van der Waals surface area contributed by atoms with Gasteiger partial charge in [-0.25, -0.2) is 0 Å². The van der Waals surface area contributed by atoms with Crippen LogP contribution in [0.5, 0.6) is 0 Å². The normalized spacial score (nSPS) is 16.6. The molecule has 4 aromatic carbocycles. The molecule has 1 saturated carbocycles. The Labute approximate surface area is 163 Å². The topological polar surface area (TPSA) is 43.4 Å². The predicted octanol–water partition coefficient (Wildman–Crippen LogP) is 6.28. The van der Waals surface area contributed by atoms with Gasteiger partial charge in [0.15, 0.2) is 0 Å². The van der Waals surface area contributed by atoms with E-state index in [-0.39, 0.29) is 16.0 Å². The Bertz CT molecular complexity index is 1240. The van der Waals surface area contributed by atoms with Crippen LogP contribution in [-0.2, 0) is 14.3 Å². The number of benzene rings is 4. The highest BCUT2D eigenvalue weighted by molar-refractivity contribution is 7.87. The van der Waals surface area contributed by atoms with E-state index in [1.54, 1.807) is 6.07 Å². The molecule has 5 heteroatoms. The first-order valence-electron chi connectivity index (χ1n) is 9.34. The summed E-state index contributed by atoms with van der Waals surface area (Å²) in [7, 11) is -3.95. The van der Waals surface area contributed by atoms with Crippen molar-refractivity contribution in [2.45, 2.75) is 43.1 Å². The van der Waals surface area contributed by atoms with E-state index < -0.39 is 10.1 Å². The van der Waals surface area contributed by atoms with Gasteiger partial charge in [-0.15, -0.1) is 0 Å². The van der Waals surface area contributed by atoms with Crippen molar-refractivity contribution in [1.82, 2.24) is 0 Å². The third-order valence-electron chi connectivity index (χ3n) is 5.62. The van der Waals surface area contributed by atoms with Gasteiger partial charge in [0.1, 0.15) is 4.90 Å². The molecule has 3 nitrogen and oxygen atoms in total. The number of hydrogen-bond acceptors (Lipinski definition) is 3. The number of hydrogen-bond donors (Lipinski definition) is 0. The highest BCUT2D eigenvalue weighted by Crippen LogP contribution is 2.41. The SMILES string of the molecule is O=S(=O)(OC1CCCCC1)c1c(Cl)cc2ccc3cccc4ccc1c2c34. The molecule has 0 spiro atoms. The van der Waals surface area contributed by atoms with Crippen LogP contribution < -0.4 is 0 Å². The first kappa shape index (κ1) is 17.2. The maximum absolute atomic E-state index is 13.2. The van der Waals surface area contributed by atoms with E-state index in [4.69, 9.17) is 15.8 Å². The number of halogens is 1. The summed E-state index contributed by atoms with van der Waals surface area (Å²) >= 11 is 6.47. The highest BCUT2D eigenvalue weighted by Gasteiger charge is 2.28. The quantitative estimate of drug-likeness (QED) is 0.301. The average Bonchev–Trinajstić information content (AvgIpc) is 2.66. The Kier molecular flexibility index (Phi) is 4.04. The largest absolute Gasteiger partial charge is 0.299 e. The lowest BCUT2D eigenvalue weighted by Crippen LogP contribution is -2.21. The standard InChI is InChI=1S/C22H19ClO3S/c23-19-13-16-10-9-14-5-4-6-15-11-12-18(21(16)20(14)15)22(19)27(24,25)26-17-7-2-1-3-8-17/h4-6,9-13,17H,1-3,7-8H2. The van der Waals surface area contributed by atoms with E-state index in [9.17, 15) is 8.42 Å². The smallest absolute Gasteiger partial charge is 0.263 e. The van der Waals surface area contributed by atoms with Gasteiger partial charge in [-0.2, -0.15) is 8.42 Å². The molecule has 27 heavy (non-hydrogen) atoms. The minimum atomic E-state index is -3.95. The third kappa shape index (κ3) is 2.78. The van der Waals surface area contributed by atoms with Crippen molar-refractivity contribution in [3.8, 4) is 0 Å². The van der Waals surface area contributed by atoms with Crippen molar-refractivity contribution < 1.29 is 12.6 Å². The summed E-state index contributed by atoms with van der Waals surface area (Å²) < 4.78 is 31.9. The summed E-state index contributed by atoms with van der Waals surface area (Å²) in [6, 6.07) is 15.7. The van der Waals surface area contributed by atoms with Crippen molar-refractivity contribution in [2.75, 3.05) is 0 Å². The van der Waals surface area contributed by atoms with Crippen molar-refractivity contribution in [3.63, 3.8) is 0 Å². The lowest BCUT2D eigenvalue weighted by molar-refractivity contribution is 0.162. The first-order chi connectivity index (χ1) is 13.0. The molecule has 0 aliphatic heterocycles. The van der Waals surface area contributed by atoms with E-state index >= 15 is 0 Å². The van der Waals surface area contributed by atoms with Crippen LogP contribution in [0.3, 0.4) is 0 Å². The molecule has 0 saturated heterocycles. The second-order valence-corrected chi connectivity index (χ2v) is 9.27. The molecule has 0 radical (unpaired) electrons. The summed E-state index contributed by atoms with van der Waals surface area (Å²) in [6.45, 7) is 0. The minimum Gasteiger partial charge on any atom is -0.263 e. The zero-order chi connectivity index (χ0) is 18.6. The van der Waals surface area contributed by atoms with Gasteiger partial charge in [0.05, 0.1) is 11.1 Å². The summed E-state index contributed by atoms with van der Waals surface area (Å²) in [5.74, 6) is 0. The van der Waals surface area contributed by atoms with Gasteiger partial charge in [0.2, 0.25) is 0 Å². The van der Waals surface area contributed by atoms with Crippen LogP contribution in [0.2, 0.25) is 5.02 Å². The predicted molar refractivity (Wildman–Crippen MR) is 110 cm³/mol. The Hall–Kier alpha value is -1.88. The number of rotatable bonds is 3. The van der Waals surface area contributed by atoms with Crippen molar-refractivity contribution in [1.29, 1.82) is 0 Å². The van der Waals surface area contributed by atoms with Gasteiger partial charge in [-0.05, 0) is 45.8 Å². The zero-order valence-electron chi connectivity index (χ0n) is 14.7. The van der Waals surface area contributed by atoms with E-state index in [0.29, 0.717) is 5.39 Å². The van der Waals surface area contributed by atoms with Crippen LogP contribution in [-0.4, -0.2) is 14.5 Å². The molecule has 0 bridgehead atoms. The van der Waals surface area contributed by atoms with Crippen LogP contribution in [0.15, 0.2) is 53.4 Å². The minimum absolute atomic E-state index is 0.0977. The first-order valence-corrected chi connectivity index (χ1v) is 11.1. The molecule has 138 valence electrons. The Morgan fingerprint density at radius 1 is 0.852 bits per heavy atom. The highest BCUT2D eigenvalue weighted by atomic mass is 35.5. The fourth-order valence-electron chi connectivity index (χ4n) is 4.39. The maximum Gasteiger partial charge on any atom is 0.299 e. The summed E-state index contributed by atoms with van der Waals surface area (Å²) in [6.07, 6.45) is 4.46. The van der Waals surface area contributed by atoms with Gasteiger partial charge in [0, 0.05) is 5.39 Å². The molecule has 0 N–H and O–H groups in total. The van der Waals surface area contributed by atoms with Gasteiger partial charge in [-0.3, -0.25) is 4.18 Å². The van der Waals surface area contributed by atoms with Gasteiger partial charge < -0.3 is 0 Å². The summed E-state index contributed by atoms with van der Waals surface area (Å²) in [5.41, 5.74) is 0. The molecule has 5 rings (SSSR count). The van der Waals surface area contributed by atoms with Crippen LogP contribution >= 0.6 is 11.6 Å². The molecule has 0 heterocycles. The third-order valence-corrected chi connectivity index (χ3v) is 7.49. The lowest BCUT2D eigenvalue weighted by atomic mass is 9.94. The van der Waals surface area contributed by atoms with Crippen LogP contribution in [0, 0.1) is 0 Å². The molecular formula is C22H19ClO3S. The van der Waals surface area contributed by atoms with Gasteiger partial charge >= 0.3 is 0 Å². The molecule has 1 fully saturated rings. The van der Waals surface area contributed by atoms with E-state index in [1.165, 1.54) is 0 Å². The fraction of sp³-hybridized carbons (Fsp3) is 0.273. The van der Waals surface area contributed by atoms with Crippen LogP contribution in [0.1, 0.15) is 32.1 Å². The maximum atomic E-state index is 13.2. The lowest BCUT2D eigenvalue weighted by Gasteiger charge is -2.22. The van der Waals surface area contributed by atoms with Gasteiger partial charge in [0.25, 0.3) is 10.1 Å². The monoisotopic (exact) mass is 398 g/mol. The molecule has 0 atom stereocenters. The second kappa shape index (κ2) is 6.33. The molecular weight excluding hydrogens is 380 g/mol. The average molecular weight is 399 g/mol. The van der Waals surface area contributed by atoms with E-state index in [1.807, 2.05) is 42.5 Å². The van der Waals surface area contributed by atoms with Crippen molar-refractivity contribution >= 4 is 54.0 Å². The summed E-state index contributed by atoms with van der Waals surface area (Å²) in [5, 5.41) is 5.97. The van der Waals surface area contributed by atoms with Crippen LogP contribution in [0.25, 0.3) is 32.3 Å². The van der Waals surface area contributed by atoms with Crippen molar-refractivity contribution in [2.24, 2.45) is 0 Å². The molecule has 0 amide bonds. The second-order valence-electron chi connectivity index (χ2n) is 7.35. The van der Waals surface area contributed by atoms with Gasteiger partial charge in [-0.1, -0.05) is 73.3 Å². The molecule has 4 aromatic rings. The summed E-state index contributed by atoms with van der Waals surface area (Å²) in [4.78, 5) is 0.0977. The molecule has 1 aliphatic carbocycles. The molecule has 0 unspecified atom stereocenters. The zero-order valence-corrected chi connectivity index (χ0v) is 16.3. The Morgan fingerprint density at radius 2 is 1.52 bits per heavy atom. The van der Waals surface area contributed by atoms with Crippen LogP contribution in [0.4, 0.5) is 0 Å². The molecule has 0 aromatic heterocycles.